The largest absolute Gasteiger partial charge is 0.319 e. The van der Waals surface area contributed by atoms with Gasteiger partial charge in [-0.15, -0.1) is 0 Å². The molecule has 1 amide bonds. The highest BCUT2D eigenvalue weighted by molar-refractivity contribution is 6.29. The summed E-state index contributed by atoms with van der Waals surface area (Å²) in [5.74, 6) is -0.396. The molecule has 0 spiro atoms. The number of hydrogen-bond donors (Lipinski definition) is 1. The molecule has 3 heterocycles. The third-order valence-corrected chi connectivity index (χ3v) is 3.14. The van der Waals surface area contributed by atoms with Gasteiger partial charge in [-0.2, -0.15) is 5.10 Å². The van der Waals surface area contributed by atoms with Crippen LogP contribution in [-0.2, 0) is 7.05 Å². The van der Waals surface area contributed by atoms with Crippen molar-refractivity contribution < 1.29 is 4.79 Å². The zero-order valence-electron chi connectivity index (χ0n) is 11.3. The van der Waals surface area contributed by atoms with Crippen LogP contribution in [0.4, 0.5) is 5.69 Å². The second kappa shape index (κ2) is 5.10. The molecule has 0 atom stereocenters. The zero-order chi connectivity index (χ0) is 15.0. The van der Waals surface area contributed by atoms with Crippen LogP contribution >= 0.6 is 11.6 Å². The van der Waals surface area contributed by atoms with E-state index < -0.39 is 5.91 Å². The minimum absolute atomic E-state index is 0.144. The number of nitrogens with zero attached hydrogens (tertiary/aromatic N) is 5. The predicted octanol–water partition coefficient (Wildman–Crippen LogP) is 1.97. The number of fused-ring (bicyclic) bond motifs is 1. The van der Waals surface area contributed by atoms with E-state index in [-0.39, 0.29) is 10.8 Å². The molecule has 1 N–H and O–H groups in total. The normalized spacial score (nSPS) is 10.8. The molecule has 106 valence electrons. The van der Waals surface area contributed by atoms with Gasteiger partial charge in [0.1, 0.15) is 10.8 Å². The number of amides is 1. The van der Waals surface area contributed by atoms with Crippen LogP contribution in [0.1, 0.15) is 16.2 Å². The van der Waals surface area contributed by atoms with Crippen LogP contribution in [0.2, 0.25) is 5.15 Å². The van der Waals surface area contributed by atoms with Crippen molar-refractivity contribution in [3.05, 3.63) is 41.2 Å². The summed E-state index contributed by atoms with van der Waals surface area (Å²) in [4.78, 5) is 24.1. The number of carbonyl (C=O) groups excluding carboxylic acids is 1. The lowest BCUT2D eigenvalue weighted by molar-refractivity contribution is 0.102. The van der Waals surface area contributed by atoms with Gasteiger partial charge in [0, 0.05) is 12.4 Å². The molecule has 0 saturated heterocycles. The Morgan fingerprint density at radius 3 is 2.90 bits per heavy atom. The first kappa shape index (κ1) is 13.4. The molecule has 0 aliphatic rings. The average Bonchev–Trinajstić information content (AvgIpc) is 2.74. The maximum atomic E-state index is 12.1. The first-order valence-corrected chi connectivity index (χ1v) is 6.50. The summed E-state index contributed by atoms with van der Waals surface area (Å²) in [7, 11) is 1.82. The lowest BCUT2D eigenvalue weighted by Gasteiger charge is -2.04. The number of pyridine rings is 1. The third-order valence-electron chi connectivity index (χ3n) is 2.96. The first-order valence-electron chi connectivity index (χ1n) is 6.13. The number of halogens is 1. The van der Waals surface area contributed by atoms with Gasteiger partial charge in [0.25, 0.3) is 5.91 Å². The highest BCUT2D eigenvalue weighted by atomic mass is 35.5. The topological polar surface area (TPSA) is 85.6 Å². The maximum Gasteiger partial charge on any atom is 0.275 e. The molecule has 7 nitrogen and oxygen atoms in total. The Labute approximate surface area is 125 Å². The number of carbonyl (C=O) groups is 1. The molecule has 0 aliphatic carbocycles. The van der Waals surface area contributed by atoms with Crippen LogP contribution < -0.4 is 5.32 Å². The van der Waals surface area contributed by atoms with Crippen LogP contribution in [0.5, 0.6) is 0 Å². The summed E-state index contributed by atoms with van der Waals surface area (Å²) in [5.41, 5.74) is 2.31. The number of aryl methyl sites for hydroxylation is 2. The molecule has 0 aliphatic heterocycles. The highest BCUT2D eigenvalue weighted by Gasteiger charge is 2.11. The molecule has 0 unspecified atom stereocenters. The molecular formula is C13H11ClN6O. The maximum absolute atomic E-state index is 12.1. The molecule has 0 fully saturated rings. The molecule has 0 radical (unpaired) electrons. The van der Waals surface area contributed by atoms with Gasteiger partial charge in [-0.05, 0) is 13.0 Å². The lowest BCUT2D eigenvalue weighted by atomic mass is 10.2. The molecule has 3 aromatic rings. The van der Waals surface area contributed by atoms with E-state index in [4.69, 9.17) is 11.6 Å². The Bertz CT molecular complexity index is 844. The SMILES string of the molecule is Cc1nn(C)c2ncc(NC(=O)c3cncc(Cl)n3)cc12. The Hall–Kier alpha value is -2.54. The molecule has 0 saturated carbocycles. The van der Waals surface area contributed by atoms with Crippen molar-refractivity contribution in [3.8, 4) is 0 Å². The van der Waals surface area contributed by atoms with E-state index in [9.17, 15) is 4.79 Å². The van der Waals surface area contributed by atoms with E-state index in [1.165, 1.54) is 12.4 Å². The summed E-state index contributed by atoms with van der Waals surface area (Å²) >= 11 is 5.72. The molecular weight excluding hydrogens is 292 g/mol. The summed E-state index contributed by atoms with van der Waals surface area (Å²) in [6.07, 6.45) is 4.28. The smallest absolute Gasteiger partial charge is 0.275 e. The molecule has 0 aromatic carbocycles. The second-order valence-electron chi connectivity index (χ2n) is 4.49. The van der Waals surface area contributed by atoms with Crippen LogP contribution in [0.3, 0.4) is 0 Å². The van der Waals surface area contributed by atoms with Crippen molar-refractivity contribution in [2.24, 2.45) is 7.05 Å². The number of nitrogens with one attached hydrogen (secondary N) is 1. The van der Waals surface area contributed by atoms with Gasteiger partial charge >= 0.3 is 0 Å². The fourth-order valence-electron chi connectivity index (χ4n) is 2.02. The number of anilines is 1. The summed E-state index contributed by atoms with van der Waals surface area (Å²) in [5, 5.41) is 8.04. The fourth-order valence-corrected chi connectivity index (χ4v) is 2.17. The minimum Gasteiger partial charge on any atom is -0.319 e. The van der Waals surface area contributed by atoms with Gasteiger partial charge in [-0.1, -0.05) is 11.6 Å². The number of aromatic nitrogens is 5. The monoisotopic (exact) mass is 302 g/mol. The Kier molecular flexibility index (Phi) is 3.26. The fraction of sp³-hybridized carbons (Fsp3) is 0.154. The Morgan fingerprint density at radius 2 is 2.14 bits per heavy atom. The lowest BCUT2D eigenvalue weighted by Crippen LogP contribution is -2.14. The van der Waals surface area contributed by atoms with Crippen molar-refractivity contribution in [2.75, 3.05) is 5.32 Å². The van der Waals surface area contributed by atoms with Crippen molar-refractivity contribution in [1.29, 1.82) is 0 Å². The van der Waals surface area contributed by atoms with Crippen LogP contribution in [0, 0.1) is 6.92 Å². The summed E-state index contributed by atoms with van der Waals surface area (Å²) < 4.78 is 1.69. The van der Waals surface area contributed by atoms with E-state index in [0.29, 0.717) is 5.69 Å². The molecule has 8 heteroatoms. The van der Waals surface area contributed by atoms with E-state index in [1.807, 2.05) is 20.0 Å². The second-order valence-corrected chi connectivity index (χ2v) is 4.87. The van der Waals surface area contributed by atoms with Gasteiger partial charge in [0.15, 0.2) is 5.65 Å². The van der Waals surface area contributed by atoms with E-state index in [2.05, 4.69) is 25.4 Å². The van der Waals surface area contributed by atoms with Gasteiger partial charge in [0.05, 0.1) is 30.0 Å². The predicted molar refractivity (Wildman–Crippen MR) is 78.2 cm³/mol. The number of rotatable bonds is 2. The van der Waals surface area contributed by atoms with Crippen molar-refractivity contribution in [2.45, 2.75) is 6.92 Å². The van der Waals surface area contributed by atoms with Gasteiger partial charge in [-0.25, -0.2) is 9.97 Å². The Morgan fingerprint density at radius 1 is 1.33 bits per heavy atom. The van der Waals surface area contributed by atoms with E-state index in [1.54, 1.807) is 10.9 Å². The molecule has 21 heavy (non-hydrogen) atoms. The summed E-state index contributed by atoms with van der Waals surface area (Å²) in [6, 6.07) is 1.82. The standard InChI is InChI=1S/C13H11ClN6O/c1-7-9-3-8(4-16-12(9)20(2)19-7)17-13(21)10-5-15-6-11(14)18-10/h3-6H,1-2H3,(H,17,21). The first-order chi connectivity index (χ1) is 10.0. The van der Waals surface area contributed by atoms with Crippen molar-refractivity contribution in [1.82, 2.24) is 24.7 Å². The Balaban J connectivity index is 1.91. The van der Waals surface area contributed by atoms with Crippen molar-refractivity contribution in [3.63, 3.8) is 0 Å². The summed E-state index contributed by atoms with van der Waals surface area (Å²) in [6.45, 7) is 1.89. The van der Waals surface area contributed by atoms with Crippen LogP contribution in [0.15, 0.2) is 24.7 Å². The third kappa shape index (κ3) is 2.55. The van der Waals surface area contributed by atoms with Gasteiger partial charge in [-0.3, -0.25) is 14.5 Å². The minimum atomic E-state index is -0.396. The van der Waals surface area contributed by atoms with E-state index in [0.717, 1.165) is 16.7 Å². The van der Waals surface area contributed by atoms with E-state index >= 15 is 0 Å². The van der Waals surface area contributed by atoms with Crippen molar-refractivity contribution >= 4 is 34.2 Å². The molecule has 3 aromatic heterocycles. The zero-order valence-corrected chi connectivity index (χ0v) is 12.1. The highest BCUT2D eigenvalue weighted by Crippen LogP contribution is 2.19. The van der Waals surface area contributed by atoms with Gasteiger partial charge in [0.2, 0.25) is 0 Å². The average molecular weight is 303 g/mol. The molecule has 3 rings (SSSR count). The van der Waals surface area contributed by atoms with Crippen LogP contribution in [-0.4, -0.2) is 30.6 Å². The molecule has 0 bridgehead atoms. The number of hydrogen-bond acceptors (Lipinski definition) is 5. The van der Waals surface area contributed by atoms with Gasteiger partial charge < -0.3 is 5.32 Å². The quantitative estimate of drug-likeness (QED) is 0.782. The van der Waals surface area contributed by atoms with Crippen LogP contribution in [0.25, 0.3) is 11.0 Å².